The van der Waals surface area contributed by atoms with Gasteiger partial charge in [-0.2, -0.15) is 4.99 Å². The van der Waals surface area contributed by atoms with Crippen molar-refractivity contribution < 1.29 is 14.3 Å². The zero-order valence-corrected chi connectivity index (χ0v) is 18.6. The van der Waals surface area contributed by atoms with Crippen molar-refractivity contribution in [3.63, 3.8) is 0 Å². The van der Waals surface area contributed by atoms with E-state index in [4.69, 9.17) is 4.74 Å². The Bertz CT molecular complexity index is 964. The molecular formula is C21H27N3O3S2. The molecule has 1 aromatic carbocycles. The molecule has 1 saturated heterocycles. The van der Waals surface area contributed by atoms with Crippen LogP contribution in [-0.4, -0.2) is 53.0 Å². The maximum absolute atomic E-state index is 12.4. The van der Waals surface area contributed by atoms with Crippen molar-refractivity contribution in [1.82, 2.24) is 9.47 Å². The van der Waals surface area contributed by atoms with Crippen molar-refractivity contribution in [2.75, 3.05) is 31.7 Å². The van der Waals surface area contributed by atoms with Gasteiger partial charge in [-0.1, -0.05) is 24.3 Å². The van der Waals surface area contributed by atoms with E-state index in [0.717, 1.165) is 35.5 Å². The van der Waals surface area contributed by atoms with Gasteiger partial charge in [0.1, 0.15) is 5.75 Å². The van der Waals surface area contributed by atoms with Gasteiger partial charge in [-0.3, -0.25) is 9.59 Å². The fourth-order valence-electron chi connectivity index (χ4n) is 3.44. The van der Waals surface area contributed by atoms with Crippen molar-refractivity contribution in [3.8, 4) is 5.75 Å². The lowest BCUT2D eigenvalue weighted by Crippen LogP contribution is -2.40. The SMILES string of the molecule is C=CCn1c(=NC(=O)CSCC(=O)N2CCCC(C)C2)sc2cc(OC)ccc21. The number of benzene rings is 1. The molecule has 3 rings (SSSR count). The van der Waals surface area contributed by atoms with Gasteiger partial charge in [0.25, 0.3) is 5.91 Å². The van der Waals surface area contributed by atoms with Crippen LogP contribution in [-0.2, 0) is 16.1 Å². The molecule has 1 atom stereocenters. The number of thiazole rings is 1. The Morgan fingerprint density at radius 2 is 2.24 bits per heavy atom. The number of thioether (sulfide) groups is 1. The number of allylic oxidation sites excluding steroid dienone is 1. The Morgan fingerprint density at radius 3 is 2.97 bits per heavy atom. The Balaban J connectivity index is 1.66. The average Bonchev–Trinajstić information content (AvgIpc) is 3.04. The van der Waals surface area contributed by atoms with Crippen molar-refractivity contribution in [2.24, 2.45) is 10.9 Å². The number of carbonyl (C=O) groups is 2. The van der Waals surface area contributed by atoms with Gasteiger partial charge in [-0.25, -0.2) is 0 Å². The normalized spacial score (nSPS) is 17.5. The highest BCUT2D eigenvalue weighted by atomic mass is 32.2. The molecule has 0 saturated carbocycles. The summed E-state index contributed by atoms with van der Waals surface area (Å²) in [6, 6.07) is 5.80. The number of ether oxygens (including phenoxy) is 1. The van der Waals surface area contributed by atoms with E-state index >= 15 is 0 Å². The summed E-state index contributed by atoms with van der Waals surface area (Å²) in [4.78, 5) is 31.6. The standard InChI is InChI=1S/C21H27N3O3S2/c1-4-9-24-17-8-7-16(27-3)11-18(17)29-21(24)22-19(25)13-28-14-20(26)23-10-5-6-15(2)12-23/h4,7-8,11,15H,1,5-6,9-10,12-14H2,2-3H3. The highest BCUT2D eigenvalue weighted by molar-refractivity contribution is 8.00. The van der Waals surface area contributed by atoms with E-state index in [2.05, 4.69) is 18.5 Å². The topological polar surface area (TPSA) is 63.9 Å². The number of piperidine rings is 1. The van der Waals surface area contributed by atoms with Crippen LogP contribution >= 0.6 is 23.1 Å². The van der Waals surface area contributed by atoms with E-state index < -0.39 is 0 Å². The number of aromatic nitrogens is 1. The molecule has 0 spiro atoms. The second-order valence-electron chi connectivity index (χ2n) is 7.20. The molecule has 0 radical (unpaired) electrons. The maximum Gasteiger partial charge on any atom is 0.258 e. The van der Waals surface area contributed by atoms with Crippen molar-refractivity contribution in [1.29, 1.82) is 0 Å². The first-order valence-corrected chi connectivity index (χ1v) is 11.7. The third-order valence-corrected chi connectivity index (χ3v) is 6.83. The molecule has 2 aromatic rings. The second-order valence-corrected chi connectivity index (χ2v) is 9.20. The predicted octanol–water partition coefficient (Wildman–Crippen LogP) is 3.32. The molecule has 8 heteroatoms. The van der Waals surface area contributed by atoms with Gasteiger partial charge in [0, 0.05) is 19.6 Å². The first-order valence-electron chi connectivity index (χ1n) is 9.73. The lowest BCUT2D eigenvalue weighted by Gasteiger charge is -2.30. The van der Waals surface area contributed by atoms with Crippen LogP contribution in [0.1, 0.15) is 19.8 Å². The molecule has 1 aromatic heterocycles. The Morgan fingerprint density at radius 1 is 1.41 bits per heavy atom. The van der Waals surface area contributed by atoms with Crippen LogP contribution in [0.15, 0.2) is 35.8 Å². The van der Waals surface area contributed by atoms with Crippen LogP contribution in [0.25, 0.3) is 10.2 Å². The number of carbonyl (C=O) groups excluding carboxylic acids is 2. The van der Waals surface area contributed by atoms with Crippen LogP contribution in [0.5, 0.6) is 5.75 Å². The van der Waals surface area contributed by atoms with E-state index in [1.807, 2.05) is 27.7 Å². The molecule has 1 aliphatic rings. The first-order chi connectivity index (χ1) is 14.0. The van der Waals surface area contributed by atoms with Gasteiger partial charge in [0.2, 0.25) is 5.91 Å². The summed E-state index contributed by atoms with van der Waals surface area (Å²) in [5, 5.41) is 0. The van der Waals surface area contributed by atoms with Gasteiger partial charge in [0.05, 0.1) is 28.8 Å². The Hall–Kier alpha value is -2.06. The molecule has 0 aliphatic carbocycles. The van der Waals surface area contributed by atoms with Crippen molar-refractivity contribution in [2.45, 2.75) is 26.3 Å². The third-order valence-electron chi connectivity index (χ3n) is 4.88. The molecule has 6 nitrogen and oxygen atoms in total. The van der Waals surface area contributed by atoms with Gasteiger partial charge in [0.15, 0.2) is 4.80 Å². The van der Waals surface area contributed by atoms with Crippen molar-refractivity contribution in [3.05, 3.63) is 35.7 Å². The molecule has 156 valence electrons. The number of amides is 2. The van der Waals surface area contributed by atoms with Crippen LogP contribution < -0.4 is 9.54 Å². The fraction of sp³-hybridized carbons (Fsp3) is 0.476. The van der Waals surface area contributed by atoms with Crippen molar-refractivity contribution >= 4 is 45.1 Å². The summed E-state index contributed by atoms with van der Waals surface area (Å²) >= 11 is 2.78. The Kier molecular flexibility index (Phi) is 7.55. The average molecular weight is 434 g/mol. The predicted molar refractivity (Wildman–Crippen MR) is 119 cm³/mol. The largest absolute Gasteiger partial charge is 0.497 e. The molecule has 0 N–H and O–H groups in total. The summed E-state index contributed by atoms with van der Waals surface area (Å²) in [5.74, 6) is 1.73. The monoisotopic (exact) mass is 433 g/mol. The minimum Gasteiger partial charge on any atom is -0.497 e. The van der Waals surface area contributed by atoms with E-state index in [1.54, 1.807) is 13.2 Å². The number of methoxy groups -OCH3 is 1. The quantitative estimate of drug-likeness (QED) is 0.629. The van der Waals surface area contributed by atoms with Gasteiger partial charge < -0.3 is 14.2 Å². The number of nitrogens with zero attached hydrogens (tertiary/aromatic N) is 3. The lowest BCUT2D eigenvalue weighted by atomic mass is 10.0. The van der Waals surface area contributed by atoms with Crippen LogP contribution in [0.2, 0.25) is 0 Å². The van der Waals surface area contributed by atoms with Crippen LogP contribution in [0.4, 0.5) is 0 Å². The fourth-order valence-corrected chi connectivity index (χ4v) is 5.23. The second kappa shape index (κ2) is 10.1. The van der Waals surface area contributed by atoms with Gasteiger partial charge in [-0.15, -0.1) is 18.3 Å². The highest BCUT2D eigenvalue weighted by Crippen LogP contribution is 2.23. The van der Waals surface area contributed by atoms with E-state index in [9.17, 15) is 9.59 Å². The molecular weight excluding hydrogens is 406 g/mol. The summed E-state index contributed by atoms with van der Waals surface area (Å²) in [6.07, 6.45) is 4.03. The van der Waals surface area contributed by atoms with E-state index in [1.165, 1.54) is 29.5 Å². The summed E-state index contributed by atoms with van der Waals surface area (Å²) in [5.41, 5.74) is 0.990. The lowest BCUT2D eigenvalue weighted by molar-refractivity contribution is -0.130. The minimum atomic E-state index is -0.230. The first kappa shape index (κ1) is 21.6. The third kappa shape index (κ3) is 5.51. The summed E-state index contributed by atoms with van der Waals surface area (Å²) < 4.78 is 8.25. The molecule has 2 heterocycles. The molecule has 0 bridgehead atoms. The molecule has 1 fully saturated rings. The van der Waals surface area contributed by atoms with E-state index in [-0.39, 0.29) is 17.6 Å². The number of likely N-dealkylation sites (tertiary alicyclic amines) is 1. The van der Waals surface area contributed by atoms with Crippen LogP contribution in [0.3, 0.4) is 0 Å². The molecule has 1 unspecified atom stereocenters. The van der Waals surface area contributed by atoms with Gasteiger partial charge in [-0.05, 0) is 37.0 Å². The van der Waals surface area contributed by atoms with Crippen LogP contribution in [0, 0.1) is 5.92 Å². The number of hydrogen-bond acceptors (Lipinski definition) is 5. The zero-order valence-electron chi connectivity index (χ0n) is 16.9. The number of rotatable bonds is 7. The number of hydrogen-bond donors (Lipinski definition) is 0. The molecule has 1 aliphatic heterocycles. The maximum atomic E-state index is 12.4. The minimum absolute atomic E-state index is 0.116. The summed E-state index contributed by atoms with van der Waals surface area (Å²) in [6.45, 7) is 8.19. The highest BCUT2D eigenvalue weighted by Gasteiger charge is 2.20. The van der Waals surface area contributed by atoms with Gasteiger partial charge >= 0.3 is 0 Å². The number of fused-ring (bicyclic) bond motifs is 1. The summed E-state index contributed by atoms with van der Waals surface area (Å²) in [7, 11) is 1.63. The van der Waals surface area contributed by atoms with E-state index in [0.29, 0.717) is 23.0 Å². The zero-order chi connectivity index (χ0) is 20.8. The smallest absolute Gasteiger partial charge is 0.258 e. The molecule has 2 amide bonds. The Labute approximate surface area is 179 Å². The molecule has 29 heavy (non-hydrogen) atoms.